The summed E-state index contributed by atoms with van der Waals surface area (Å²) in [7, 11) is 0. The number of hydrogen-bond donors (Lipinski definition) is 0. The fraction of sp³-hybridized carbons (Fsp3) is 0.276. The number of aryl methyl sites for hydroxylation is 1. The topological polar surface area (TPSA) is 63.7 Å². The Morgan fingerprint density at radius 1 is 1.06 bits per heavy atom. The number of carbonyl (C=O) groups excluding carboxylic acids is 3. The van der Waals surface area contributed by atoms with Crippen molar-refractivity contribution < 1.29 is 23.5 Å². The maximum atomic E-state index is 14.2. The Balaban J connectivity index is 1.71. The maximum Gasteiger partial charge on any atom is 0.317 e. The lowest BCUT2D eigenvalue weighted by atomic mass is 9.69. The van der Waals surface area contributed by atoms with Gasteiger partial charge in [-0.25, -0.2) is 4.39 Å². The summed E-state index contributed by atoms with van der Waals surface area (Å²) >= 11 is 1.48. The van der Waals surface area contributed by atoms with Crippen LogP contribution in [0.25, 0.3) is 0 Å². The number of hydrogen-bond acceptors (Lipinski definition) is 5. The molecule has 0 fully saturated rings. The van der Waals surface area contributed by atoms with E-state index in [1.807, 2.05) is 48.7 Å². The van der Waals surface area contributed by atoms with Crippen LogP contribution in [-0.4, -0.2) is 24.3 Å². The van der Waals surface area contributed by atoms with Crippen molar-refractivity contribution in [2.24, 2.45) is 5.92 Å². The van der Waals surface area contributed by atoms with E-state index in [0.29, 0.717) is 28.9 Å². The highest BCUT2D eigenvalue weighted by Gasteiger charge is 2.50. The summed E-state index contributed by atoms with van der Waals surface area (Å²) < 4.78 is 19.1. The van der Waals surface area contributed by atoms with Gasteiger partial charge in [-0.05, 0) is 61.5 Å². The van der Waals surface area contributed by atoms with E-state index in [0.717, 1.165) is 10.4 Å². The third kappa shape index (κ3) is 4.28. The van der Waals surface area contributed by atoms with Gasteiger partial charge in [-0.1, -0.05) is 35.9 Å². The van der Waals surface area contributed by atoms with E-state index < -0.39 is 29.5 Å². The average Bonchev–Trinajstić information content (AvgIpc) is 3.40. The van der Waals surface area contributed by atoms with Crippen molar-refractivity contribution in [2.45, 2.75) is 38.5 Å². The molecule has 5 nitrogen and oxygen atoms in total. The van der Waals surface area contributed by atoms with E-state index in [9.17, 15) is 18.8 Å². The molecule has 0 spiro atoms. The summed E-state index contributed by atoms with van der Waals surface area (Å²) in [6.45, 7) is 3.86. The van der Waals surface area contributed by atoms with E-state index >= 15 is 0 Å². The molecule has 3 aromatic rings. The Hall–Kier alpha value is -3.58. The minimum absolute atomic E-state index is 0.0449. The van der Waals surface area contributed by atoms with Crippen LogP contribution < -0.4 is 4.90 Å². The zero-order valence-corrected chi connectivity index (χ0v) is 20.9. The smallest absolute Gasteiger partial charge is 0.317 e. The van der Waals surface area contributed by atoms with Crippen molar-refractivity contribution >= 4 is 34.7 Å². The second kappa shape index (κ2) is 9.82. The molecular formula is C29H26FNO4S. The van der Waals surface area contributed by atoms with Crippen molar-refractivity contribution in [1.29, 1.82) is 0 Å². The molecule has 0 unspecified atom stereocenters. The molecule has 0 saturated heterocycles. The lowest BCUT2D eigenvalue weighted by Gasteiger charge is -2.42. The number of anilines is 1. The summed E-state index contributed by atoms with van der Waals surface area (Å²) in [5, 5.41) is 1.91. The standard InChI is InChI=1S/C29H26FNO4S/c1-3-35-29(34)27-22(24-5-4-14-36-24)15-23-26(28(27)33)21(18-8-10-19(30)11-9-18)16-25(32)31(23)20-12-6-17(2)7-13-20/h4-14,21-22,27H,3,15-16H2,1-2H3/t21-,22-,27-/m0/s1. The molecule has 1 aliphatic heterocycles. The lowest BCUT2D eigenvalue weighted by molar-refractivity contribution is -0.152. The van der Waals surface area contributed by atoms with Crippen LogP contribution in [0.1, 0.15) is 47.6 Å². The van der Waals surface area contributed by atoms with Gasteiger partial charge in [0.15, 0.2) is 5.78 Å². The number of halogens is 1. The van der Waals surface area contributed by atoms with Gasteiger partial charge in [-0.15, -0.1) is 11.3 Å². The minimum Gasteiger partial charge on any atom is -0.465 e. The number of carbonyl (C=O) groups is 3. The Labute approximate surface area is 213 Å². The Morgan fingerprint density at radius 2 is 1.78 bits per heavy atom. The van der Waals surface area contributed by atoms with Gasteiger partial charge < -0.3 is 4.74 Å². The molecule has 5 rings (SSSR count). The lowest BCUT2D eigenvalue weighted by Crippen LogP contribution is -2.46. The molecular weight excluding hydrogens is 477 g/mol. The quantitative estimate of drug-likeness (QED) is 0.321. The van der Waals surface area contributed by atoms with Gasteiger partial charge in [-0.2, -0.15) is 0 Å². The minimum atomic E-state index is -1.00. The molecule has 2 aromatic carbocycles. The zero-order valence-electron chi connectivity index (χ0n) is 20.1. The number of Topliss-reactive ketones (excluding diaryl/α,β-unsaturated/α-hetero) is 1. The van der Waals surface area contributed by atoms with Crippen molar-refractivity contribution in [3.8, 4) is 0 Å². The predicted octanol–water partition coefficient (Wildman–Crippen LogP) is 5.91. The van der Waals surface area contributed by atoms with Crippen LogP contribution in [0.3, 0.4) is 0 Å². The van der Waals surface area contributed by atoms with Crippen molar-refractivity contribution in [3.63, 3.8) is 0 Å². The molecule has 0 radical (unpaired) electrons. The van der Waals surface area contributed by atoms with Gasteiger partial charge in [0, 0.05) is 40.1 Å². The summed E-state index contributed by atoms with van der Waals surface area (Å²) in [5.74, 6) is -3.42. The molecule has 0 N–H and O–H groups in total. The van der Waals surface area contributed by atoms with E-state index in [2.05, 4.69) is 0 Å². The van der Waals surface area contributed by atoms with E-state index in [4.69, 9.17) is 4.74 Å². The van der Waals surface area contributed by atoms with E-state index in [1.165, 1.54) is 23.5 Å². The van der Waals surface area contributed by atoms with E-state index in [1.54, 1.807) is 24.0 Å². The summed E-state index contributed by atoms with van der Waals surface area (Å²) in [6.07, 6.45) is 0.381. The largest absolute Gasteiger partial charge is 0.465 e. The molecule has 2 heterocycles. The van der Waals surface area contributed by atoms with Gasteiger partial charge in [0.25, 0.3) is 0 Å². The third-order valence-electron chi connectivity index (χ3n) is 6.93. The fourth-order valence-electron chi connectivity index (χ4n) is 5.28. The molecule has 1 aliphatic carbocycles. The van der Waals surface area contributed by atoms with Crippen LogP contribution in [0, 0.1) is 18.7 Å². The first-order chi connectivity index (χ1) is 17.4. The first kappa shape index (κ1) is 24.1. The van der Waals surface area contributed by atoms with Crippen molar-refractivity contribution in [2.75, 3.05) is 11.5 Å². The predicted molar refractivity (Wildman–Crippen MR) is 136 cm³/mol. The van der Waals surface area contributed by atoms with E-state index in [-0.39, 0.29) is 24.7 Å². The molecule has 1 amide bonds. The van der Waals surface area contributed by atoms with Gasteiger partial charge in [0.1, 0.15) is 11.7 Å². The van der Waals surface area contributed by atoms with Crippen molar-refractivity contribution in [1.82, 2.24) is 0 Å². The number of esters is 1. The molecule has 2 aliphatic rings. The normalized spacial score (nSPS) is 22.0. The Morgan fingerprint density at radius 3 is 2.42 bits per heavy atom. The first-order valence-electron chi connectivity index (χ1n) is 12.0. The maximum absolute atomic E-state index is 14.2. The average molecular weight is 504 g/mol. The second-order valence-corrected chi connectivity index (χ2v) is 10.1. The van der Waals surface area contributed by atoms with Gasteiger partial charge in [0.05, 0.1) is 6.61 Å². The molecule has 0 bridgehead atoms. The van der Waals surface area contributed by atoms with Gasteiger partial charge in [-0.3, -0.25) is 19.3 Å². The number of amides is 1. The zero-order chi connectivity index (χ0) is 25.4. The molecule has 36 heavy (non-hydrogen) atoms. The number of benzene rings is 2. The first-order valence-corrected chi connectivity index (χ1v) is 12.9. The summed E-state index contributed by atoms with van der Waals surface area (Å²) in [5.41, 5.74) is 3.45. The third-order valence-corrected chi connectivity index (χ3v) is 7.94. The van der Waals surface area contributed by atoms with Crippen LogP contribution in [0.2, 0.25) is 0 Å². The number of thiophene rings is 1. The molecule has 3 atom stereocenters. The molecule has 1 aromatic heterocycles. The highest BCUT2D eigenvalue weighted by atomic mass is 32.1. The van der Waals surface area contributed by atoms with Gasteiger partial charge in [0.2, 0.25) is 5.91 Å². The molecule has 7 heteroatoms. The SMILES string of the molecule is CCOC(=O)[C@@H]1C(=O)C2=C(C[C@H]1c1cccs1)N(c1ccc(C)cc1)C(=O)C[C@H]2c1ccc(F)cc1. The van der Waals surface area contributed by atoms with Crippen LogP contribution in [-0.2, 0) is 19.1 Å². The molecule has 184 valence electrons. The molecule has 0 saturated carbocycles. The Bertz CT molecular complexity index is 1330. The number of rotatable bonds is 5. The summed E-state index contributed by atoms with van der Waals surface area (Å²) in [6, 6.07) is 17.3. The highest BCUT2D eigenvalue weighted by molar-refractivity contribution is 7.10. The number of allylic oxidation sites excluding steroid dienone is 2. The van der Waals surface area contributed by atoms with Crippen LogP contribution in [0.4, 0.5) is 10.1 Å². The van der Waals surface area contributed by atoms with Crippen molar-refractivity contribution in [3.05, 3.63) is 99.1 Å². The Kier molecular flexibility index (Phi) is 6.58. The number of ketones is 1. The van der Waals surface area contributed by atoms with Crippen LogP contribution in [0.5, 0.6) is 0 Å². The number of ether oxygens (including phenoxy) is 1. The number of nitrogens with zero attached hydrogens (tertiary/aromatic N) is 1. The van der Waals surface area contributed by atoms with Crippen LogP contribution >= 0.6 is 11.3 Å². The highest BCUT2D eigenvalue weighted by Crippen LogP contribution is 2.50. The second-order valence-electron chi connectivity index (χ2n) is 9.15. The summed E-state index contributed by atoms with van der Waals surface area (Å²) in [4.78, 5) is 43.5. The monoisotopic (exact) mass is 503 g/mol. The van der Waals surface area contributed by atoms with Gasteiger partial charge >= 0.3 is 5.97 Å². The fourth-order valence-corrected chi connectivity index (χ4v) is 6.14. The van der Waals surface area contributed by atoms with Crippen LogP contribution in [0.15, 0.2) is 77.3 Å².